The van der Waals surface area contributed by atoms with Gasteiger partial charge in [0.25, 0.3) is 0 Å². The molecule has 1 unspecified atom stereocenters. The molecule has 0 saturated carbocycles. The zero-order valence-corrected chi connectivity index (χ0v) is 19.2. The Kier molecular flexibility index (Phi) is 7.47. The van der Waals surface area contributed by atoms with E-state index in [1.54, 1.807) is 6.92 Å². The van der Waals surface area contributed by atoms with Gasteiger partial charge >= 0.3 is 12.1 Å². The highest BCUT2D eigenvalue weighted by molar-refractivity contribution is 5.80. The van der Waals surface area contributed by atoms with Crippen LogP contribution < -0.4 is 10.6 Å². The molecular weight excluding hydrogens is 436 g/mol. The van der Waals surface area contributed by atoms with Crippen LogP contribution in [-0.2, 0) is 19.1 Å². The zero-order chi connectivity index (χ0) is 24.1. The van der Waals surface area contributed by atoms with E-state index in [2.05, 4.69) is 34.9 Å². The van der Waals surface area contributed by atoms with Crippen molar-refractivity contribution < 1.29 is 29.0 Å². The highest BCUT2D eigenvalue weighted by Gasteiger charge is 2.32. The number of ether oxygens (including phenoxy) is 2. The monoisotopic (exact) mass is 466 g/mol. The molecule has 3 atom stereocenters. The van der Waals surface area contributed by atoms with Crippen molar-refractivity contribution in [1.82, 2.24) is 10.6 Å². The van der Waals surface area contributed by atoms with Crippen molar-refractivity contribution in [2.24, 2.45) is 5.92 Å². The van der Waals surface area contributed by atoms with E-state index in [-0.39, 0.29) is 56.1 Å². The molecule has 0 spiro atoms. The van der Waals surface area contributed by atoms with Crippen molar-refractivity contribution in [3.8, 4) is 11.1 Å². The SMILES string of the molecule is CC(CCC(=O)O)NC(=O)[C@@H]1CO[C@H](CNC(=O)OCC2c3ccccc3-c3ccccc32)C1. The largest absolute Gasteiger partial charge is 0.481 e. The lowest BCUT2D eigenvalue weighted by atomic mass is 9.98. The lowest BCUT2D eigenvalue weighted by Crippen LogP contribution is -2.38. The fourth-order valence-electron chi connectivity index (χ4n) is 4.65. The maximum Gasteiger partial charge on any atom is 0.407 e. The molecule has 4 rings (SSSR count). The molecule has 2 aromatic carbocycles. The fraction of sp³-hybridized carbons (Fsp3) is 0.423. The number of carbonyl (C=O) groups excluding carboxylic acids is 2. The number of carboxylic acid groups (broad SMARTS) is 1. The molecule has 1 saturated heterocycles. The first-order chi connectivity index (χ1) is 16.4. The maximum absolute atomic E-state index is 12.4. The van der Waals surface area contributed by atoms with Crippen LogP contribution >= 0.6 is 0 Å². The van der Waals surface area contributed by atoms with Crippen LogP contribution in [0, 0.1) is 5.92 Å². The van der Waals surface area contributed by atoms with Crippen LogP contribution in [0.15, 0.2) is 48.5 Å². The molecule has 1 aliphatic heterocycles. The number of benzene rings is 2. The molecule has 1 heterocycles. The Balaban J connectivity index is 1.21. The van der Waals surface area contributed by atoms with Crippen molar-refractivity contribution in [2.45, 2.75) is 44.2 Å². The molecule has 0 radical (unpaired) electrons. The Hall–Kier alpha value is -3.39. The Labute approximate surface area is 198 Å². The van der Waals surface area contributed by atoms with Crippen molar-refractivity contribution in [3.63, 3.8) is 0 Å². The number of rotatable bonds is 9. The van der Waals surface area contributed by atoms with Crippen molar-refractivity contribution in [1.29, 1.82) is 0 Å². The third-order valence-corrected chi connectivity index (χ3v) is 6.45. The van der Waals surface area contributed by atoms with Crippen molar-refractivity contribution in [2.75, 3.05) is 19.8 Å². The van der Waals surface area contributed by atoms with E-state index in [4.69, 9.17) is 14.6 Å². The van der Waals surface area contributed by atoms with Gasteiger partial charge in [-0.2, -0.15) is 0 Å². The summed E-state index contributed by atoms with van der Waals surface area (Å²) in [4.78, 5) is 35.4. The number of nitrogens with one attached hydrogen (secondary N) is 2. The normalized spacial score (nSPS) is 19.7. The molecule has 3 N–H and O–H groups in total. The Bertz CT molecular complexity index is 1010. The summed E-state index contributed by atoms with van der Waals surface area (Å²) in [5.41, 5.74) is 4.66. The predicted molar refractivity (Wildman–Crippen MR) is 125 cm³/mol. The maximum atomic E-state index is 12.4. The lowest BCUT2D eigenvalue weighted by Gasteiger charge is -2.16. The molecule has 2 amide bonds. The molecule has 1 aliphatic carbocycles. The third kappa shape index (κ3) is 5.56. The van der Waals surface area contributed by atoms with Gasteiger partial charge in [-0.3, -0.25) is 9.59 Å². The van der Waals surface area contributed by atoms with Crippen LogP contribution in [0.2, 0.25) is 0 Å². The molecule has 34 heavy (non-hydrogen) atoms. The van der Waals surface area contributed by atoms with E-state index >= 15 is 0 Å². The number of fused-ring (bicyclic) bond motifs is 3. The Morgan fingerprint density at radius 2 is 1.74 bits per heavy atom. The molecular formula is C26H30N2O6. The molecule has 0 aromatic heterocycles. The molecule has 8 heteroatoms. The van der Waals surface area contributed by atoms with Crippen LogP contribution in [-0.4, -0.2) is 55.0 Å². The molecule has 1 fully saturated rings. The lowest BCUT2D eigenvalue weighted by molar-refractivity contribution is -0.137. The van der Waals surface area contributed by atoms with Crippen LogP contribution in [0.1, 0.15) is 43.2 Å². The number of hydrogen-bond acceptors (Lipinski definition) is 5. The summed E-state index contributed by atoms with van der Waals surface area (Å²) in [5, 5.41) is 14.3. The Morgan fingerprint density at radius 3 is 2.38 bits per heavy atom. The number of alkyl carbamates (subject to hydrolysis) is 1. The third-order valence-electron chi connectivity index (χ3n) is 6.45. The number of amides is 2. The first-order valence-electron chi connectivity index (χ1n) is 11.6. The van der Waals surface area contributed by atoms with E-state index in [1.807, 2.05) is 24.3 Å². The summed E-state index contributed by atoms with van der Waals surface area (Å²) < 4.78 is 11.2. The summed E-state index contributed by atoms with van der Waals surface area (Å²) in [6.45, 7) is 2.56. The van der Waals surface area contributed by atoms with Gasteiger partial charge in [0.2, 0.25) is 5.91 Å². The molecule has 0 bridgehead atoms. The van der Waals surface area contributed by atoms with Crippen LogP contribution in [0.5, 0.6) is 0 Å². The number of carbonyl (C=O) groups is 3. The van der Waals surface area contributed by atoms with Gasteiger partial charge in [-0.25, -0.2) is 4.79 Å². The smallest absolute Gasteiger partial charge is 0.407 e. The van der Waals surface area contributed by atoms with Crippen molar-refractivity contribution in [3.05, 3.63) is 59.7 Å². The minimum atomic E-state index is -0.885. The highest BCUT2D eigenvalue weighted by Crippen LogP contribution is 2.44. The summed E-state index contributed by atoms with van der Waals surface area (Å²) in [7, 11) is 0. The summed E-state index contributed by atoms with van der Waals surface area (Å²) in [5.74, 6) is -1.36. The van der Waals surface area contributed by atoms with Crippen LogP contribution in [0.25, 0.3) is 11.1 Å². The first kappa shape index (κ1) is 23.8. The van der Waals surface area contributed by atoms with Crippen LogP contribution in [0.3, 0.4) is 0 Å². The van der Waals surface area contributed by atoms with Gasteiger partial charge < -0.3 is 25.2 Å². The van der Waals surface area contributed by atoms with Gasteiger partial charge in [-0.15, -0.1) is 0 Å². The first-order valence-corrected chi connectivity index (χ1v) is 11.6. The van der Waals surface area contributed by atoms with Gasteiger partial charge in [0, 0.05) is 24.9 Å². The summed E-state index contributed by atoms with van der Waals surface area (Å²) in [6.07, 6.45) is 0.0870. The van der Waals surface area contributed by atoms with Gasteiger partial charge in [0.1, 0.15) is 6.61 Å². The minimum Gasteiger partial charge on any atom is -0.481 e. The molecule has 180 valence electrons. The van der Waals surface area contributed by atoms with E-state index in [0.717, 1.165) is 11.1 Å². The number of aliphatic carboxylic acids is 1. The van der Waals surface area contributed by atoms with E-state index < -0.39 is 12.1 Å². The minimum absolute atomic E-state index is 0.00271. The predicted octanol–water partition coefficient (Wildman–Crippen LogP) is 3.30. The average molecular weight is 467 g/mol. The van der Waals surface area contributed by atoms with Gasteiger partial charge in [0.15, 0.2) is 0 Å². The number of hydrogen-bond donors (Lipinski definition) is 3. The molecule has 2 aromatic rings. The second-order valence-corrected chi connectivity index (χ2v) is 8.94. The van der Waals surface area contributed by atoms with Gasteiger partial charge in [-0.05, 0) is 42.0 Å². The molecule has 8 nitrogen and oxygen atoms in total. The Morgan fingerprint density at radius 1 is 1.09 bits per heavy atom. The van der Waals surface area contributed by atoms with Crippen LogP contribution in [0.4, 0.5) is 4.79 Å². The highest BCUT2D eigenvalue weighted by atomic mass is 16.5. The number of carboxylic acids is 1. The van der Waals surface area contributed by atoms with E-state index in [0.29, 0.717) is 12.8 Å². The summed E-state index contributed by atoms with van der Waals surface area (Å²) >= 11 is 0. The standard InChI is InChI=1S/C26H30N2O6/c1-16(10-11-24(29)30)28-25(31)17-12-18(33-14-17)13-27-26(32)34-15-23-21-8-4-2-6-19(21)20-7-3-5-9-22(20)23/h2-9,16-18,23H,10-15H2,1H3,(H,27,32)(H,28,31)(H,29,30)/t16?,17-,18-/m0/s1. The molecule has 2 aliphatic rings. The average Bonchev–Trinajstić information content (AvgIpc) is 3.43. The van der Waals surface area contributed by atoms with Gasteiger partial charge in [-0.1, -0.05) is 48.5 Å². The van der Waals surface area contributed by atoms with E-state index in [1.165, 1.54) is 11.1 Å². The summed E-state index contributed by atoms with van der Waals surface area (Å²) in [6, 6.07) is 16.1. The fourth-order valence-corrected chi connectivity index (χ4v) is 4.65. The second kappa shape index (κ2) is 10.7. The second-order valence-electron chi connectivity index (χ2n) is 8.94. The zero-order valence-electron chi connectivity index (χ0n) is 19.2. The van der Waals surface area contributed by atoms with E-state index in [9.17, 15) is 14.4 Å². The quantitative estimate of drug-likeness (QED) is 0.523. The topological polar surface area (TPSA) is 114 Å². The van der Waals surface area contributed by atoms with Crippen molar-refractivity contribution >= 4 is 18.0 Å². The van der Waals surface area contributed by atoms with Gasteiger partial charge in [0.05, 0.1) is 18.6 Å².